The highest BCUT2D eigenvalue weighted by Crippen LogP contribution is 2.27. The molecular formula is C15H19N3O2S. The molecule has 21 heavy (non-hydrogen) atoms. The number of benzene rings is 1. The third-order valence-corrected chi connectivity index (χ3v) is 3.80. The van der Waals surface area contributed by atoms with Gasteiger partial charge in [0, 0.05) is 15.9 Å². The summed E-state index contributed by atoms with van der Waals surface area (Å²) in [7, 11) is 0. The highest BCUT2D eigenvalue weighted by Gasteiger charge is 2.15. The summed E-state index contributed by atoms with van der Waals surface area (Å²) >= 11 is 1.38. The highest BCUT2D eigenvalue weighted by molar-refractivity contribution is 7.20. The van der Waals surface area contributed by atoms with Gasteiger partial charge >= 0.3 is 0 Å². The van der Waals surface area contributed by atoms with Gasteiger partial charge < -0.3 is 16.4 Å². The van der Waals surface area contributed by atoms with Gasteiger partial charge in [0.1, 0.15) is 0 Å². The van der Waals surface area contributed by atoms with E-state index in [0.717, 1.165) is 10.1 Å². The van der Waals surface area contributed by atoms with Crippen molar-refractivity contribution in [3.63, 3.8) is 0 Å². The molecule has 0 aliphatic rings. The Morgan fingerprint density at radius 3 is 2.62 bits per heavy atom. The first-order chi connectivity index (χ1) is 9.74. The van der Waals surface area contributed by atoms with Crippen molar-refractivity contribution < 1.29 is 9.59 Å². The summed E-state index contributed by atoms with van der Waals surface area (Å²) in [5, 5.41) is 6.35. The van der Waals surface area contributed by atoms with E-state index < -0.39 is 0 Å². The number of anilines is 1. The number of hydrogen-bond acceptors (Lipinski definition) is 4. The van der Waals surface area contributed by atoms with Crippen LogP contribution in [0, 0.1) is 0 Å². The summed E-state index contributed by atoms with van der Waals surface area (Å²) in [6.45, 7) is 5.64. The third-order valence-electron chi connectivity index (χ3n) is 2.69. The molecule has 0 spiro atoms. The number of amides is 2. The van der Waals surface area contributed by atoms with Gasteiger partial charge in [-0.1, -0.05) is 0 Å². The second-order valence-corrected chi connectivity index (χ2v) is 6.97. The fraction of sp³-hybridized carbons (Fsp3) is 0.333. The molecule has 2 amide bonds. The van der Waals surface area contributed by atoms with E-state index in [9.17, 15) is 9.59 Å². The minimum absolute atomic E-state index is 0.0352. The molecule has 1 aromatic carbocycles. The Labute approximate surface area is 127 Å². The molecule has 0 radical (unpaired) electrons. The van der Waals surface area contributed by atoms with Crippen molar-refractivity contribution in [2.75, 3.05) is 12.3 Å². The van der Waals surface area contributed by atoms with Crippen molar-refractivity contribution in [3.05, 3.63) is 29.1 Å². The fourth-order valence-electron chi connectivity index (χ4n) is 1.88. The van der Waals surface area contributed by atoms with Crippen LogP contribution in [0.15, 0.2) is 24.3 Å². The molecule has 1 aromatic heterocycles. The molecule has 1 heterocycles. The number of carbonyl (C=O) groups is 2. The molecule has 2 aromatic rings. The minimum atomic E-state index is -0.309. The maximum atomic E-state index is 12.1. The lowest BCUT2D eigenvalue weighted by Gasteiger charge is -2.20. The normalized spacial score (nSPS) is 11.4. The monoisotopic (exact) mass is 305 g/mol. The largest absolute Gasteiger partial charge is 0.399 e. The van der Waals surface area contributed by atoms with Crippen molar-refractivity contribution in [1.29, 1.82) is 0 Å². The lowest BCUT2D eigenvalue weighted by Crippen LogP contribution is -2.45. The van der Waals surface area contributed by atoms with E-state index in [1.54, 1.807) is 12.1 Å². The molecule has 4 N–H and O–H groups in total. The molecule has 0 saturated carbocycles. The minimum Gasteiger partial charge on any atom is -0.399 e. The van der Waals surface area contributed by atoms with Crippen molar-refractivity contribution >= 4 is 38.9 Å². The van der Waals surface area contributed by atoms with Gasteiger partial charge in [-0.05, 0) is 50.4 Å². The van der Waals surface area contributed by atoms with Crippen molar-refractivity contribution in [2.45, 2.75) is 26.3 Å². The summed E-state index contributed by atoms with van der Waals surface area (Å²) in [5.41, 5.74) is 6.07. The Kier molecular flexibility index (Phi) is 4.18. The second-order valence-electron chi connectivity index (χ2n) is 5.89. The number of rotatable bonds is 3. The summed E-state index contributed by atoms with van der Waals surface area (Å²) in [4.78, 5) is 24.3. The summed E-state index contributed by atoms with van der Waals surface area (Å²) < 4.78 is 0.994. The fourth-order valence-corrected chi connectivity index (χ4v) is 2.84. The maximum absolute atomic E-state index is 12.1. The predicted molar refractivity (Wildman–Crippen MR) is 86.5 cm³/mol. The zero-order valence-corrected chi connectivity index (χ0v) is 13.1. The van der Waals surface area contributed by atoms with Crippen LogP contribution in [0.4, 0.5) is 5.69 Å². The number of fused-ring (bicyclic) bond motifs is 1. The first kappa shape index (κ1) is 15.3. The Bertz CT molecular complexity index is 686. The van der Waals surface area contributed by atoms with Gasteiger partial charge in [0.15, 0.2) is 0 Å². The number of nitrogens with two attached hydrogens (primary N) is 1. The zero-order valence-electron chi connectivity index (χ0n) is 12.3. The summed E-state index contributed by atoms with van der Waals surface area (Å²) in [5.74, 6) is -0.458. The van der Waals surface area contributed by atoms with Crippen LogP contribution in [0.3, 0.4) is 0 Å². The highest BCUT2D eigenvalue weighted by atomic mass is 32.1. The molecule has 0 atom stereocenters. The van der Waals surface area contributed by atoms with Crippen LogP contribution in [-0.4, -0.2) is 23.9 Å². The van der Waals surface area contributed by atoms with E-state index in [0.29, 0.717) is 10.6 Å². The number of nitrogen functional groups attached to an aromatic ring is 1. The molecule has 2 rings (SSSR count). The van der Waals surface area contributed by atoms with Crippen LogP contribution in [0.1, 0.15) is 30.4 Å². The predicted octanol–water partition coefficient (Wildman–Crippen LogP) is 2.13. The SMILES string of the molecule is CC(C)(C)NC(=O)CNC(=O)c1cc2cc(N)ccc2s1. The lowest BCUT2D eigenvalue weighted by atomic mass is 10.1. The van der Waals surface area contributed by atoms with Crippen molar-refractivity contribution in [2.24, 2.45) is 0 Å². The molecule has 0 bridgehead atoms. The van der Waals surface area contributed by atoms with Crippen LogP contribution in [-0.2, 0) is 4.79 Å². The molecule has 0 fully saturated rings. The average Bonchev–Trinajstić information content (AvgIpc) is 2.76. The summed E-state index contributed by atoms with van der Waals surface area (Å²) in [6.07, 6.45) is 0. The molecule has 0 aliphatic carbocycles. The topological polar surface area (TPSA) is 84.2 Å². The van der Waals surface area contributed by atoms with Gasteiger partial charge in [-0.25, -0.2) is 0 Å². The second kappa shape index (κ2) is 5.73. The smallest absolute Gasteiger partial charge is 0.261 e. The van der Waals surface area contributed by atoms with Crippen molar-refractivity contribution in [3.8, 4) is 0 Å². The molecule has 6 heteroatoms. The van der Waals surface area contributed by atoms with E-state index in [-0.39, 0.29) is 23.9 Å². The quantitative estimate of drug-likeness (QED) is 0.760. The van der Waals surface area contributed by atoms with Crippen LogP contribution >= 0.6 is 11.3 Å². The van der Waals surface area contributed by atoms with Gasteiger partial charge in [0.2, 0.25) is 5.91 Å². The third kappa shape index (κ3) is 4.19. The van der Waals surface area contributed by atoms with Crippen LogP contribution in [0.25, 0.3) is 10.1 Å². The number of carbonyl (C=O) groups excluding carboxylic acids is 2. The van der Waals surface area contributed by atoms with Gasteiger partial charge in [-0.2, -0.15) is 0 Å². The standard InChI is InChI=1S/C15H19N3O2S/c1-15(2,3)18-13(19)8-17-14(20)12-7-9-6-10(16)4-5-11(9)21-12/h4-7H,8,16H2,1-3H3,(H,17,20)(H,18,19). The van der Waals surface area contributed by atoms with E-state index in [2.05, 4.69) is 10.6 Å². The molecule has 0 unspecified atom stereocenters. The van der Waals surface area contributed by atoms with Gasteiger partial charge in [-0.3, -0.25) is 9.59 Å². The summed E-state index contributed by atoms with van der Waals surface area (Å²) in [6, 6.07) is 7.30. The molecule has 0 saturated heterocycles. The number of thiophene rings is 1. The number of hydrogen-bond donors (Lipinski definition) is 3. The van der Waals surface area contributed by atoms with Crippen LogP contribution in [0.5, 0.6) is 0 Å². The van der Waals surface area contributed by atoms with E-state index in [1.807, 2.05) is 32.9 Å². The Hall–Kier alpha value is -2.08. The van der Waals surface area contributed by atoms with E-state index in [1.165, 1.54) is 11.3 Å². The maximum Gasteiger partial charge on any atom is 0.261 e. The Morgan fingerprint density at radius 1 is 1.24 bits per heavy atom. The Morgan fingerprint density at radius 2 is 1.95 bits per heavy atom. The zero-order chi connectivity index (χ0) is 15.6. The average molecular weight is 305 g/mol. The Balaban J connectivity index is 2.01. The first-order valence-electron chi connectivity index (χ1n) is 6.63. The molecular weight excluding hydrogens is 286 g/mol. The molecule has 5 nitrogen and oxygen atoms in total. The van der Waals surface area contributed by atoms with E-state index in [4.69, 9.17) is 5.73 Å². The van der Waals surface area contributed by atoms with Crippen LogP contribution in [0.2, 0.25) is 0 Å². The molecule has 112 valence electrons. The van der Waals surface area contributed by atoms with E-state index >= 15 is 0 Å². The van der Waals surface area contributed by atoms with Gasteiger partial charge in [0.05, 0.1) is 11.4 Å². The molecule has 0 aliphatic heterocycles. The van der Waals surface area contributed by atoms with Crippen LogP contribution < -0.4 is 16.4 Å². The lowest BCUT2D eigenvalue weighted by molar-refractivity contribution is -0.121. The number of nitrogens with one attached hydrogen (secondary N) is 2. The van der Waals surface area contributed by atoms with Crippen molar-refractivity contribution in [1.82, 2.24) is 10.6 Å². The van der Waals surface area contributed by atoms with Gasteiger partial charge in [0.25, 0.3) is 5.91 Å². The van der Waals surface area contributed by atoms with Gasteiger partial charge in [-0.15, -0.1) is 11.3 Å². The first-order valence-corrected chi connectivity index (χ1v) is 7.44.